The highest BCUT2D eigenvalue weighted by Crippen LogP contribution is 2.48. The number of benzene rings is 1. The van der Waals surface area contributed by atoms with Gasteiger partial charge in [-0.25, -0.2) is 4.79 Å². The lowest BCUT2D eigenvalue weighted by atomic mass is 10.0. The van der Waals surface area contributed by atoms with E-state index in [0.29, 0.717) is 5.92 Å². The van der Waals surface area contributed by atoms with E-state index in [1.807, 2.05) is 36.9 Å². The Morgan fingerprint density at radius 2 is 2.09 bits per heavy atom. The van der Waals surface area contributed by atoms with Gasteiger partial charge >= 0.3 is 5.97 Å². The quantitative estimate of drug-likeness (QED) is 0.593. The number of oxime groups is 1. The number of hydrogen-bond donors (Lipinski definition) is 2. The highest BCUT2D eigenvalue weighted by atomic mass is 16.7. The molecule has 1 aromatic rings. The summed E-state index contributed by atoms with van der Waals surface area (Å²) in [5.74, 6) is -0.812. The first-order chi connectivity index (χ1) is 11.2. The summed E-state index contributed by atoms with van der Waals surface area (Å²) in [6, 6.07) is 7.73. The minimum atomic E-state index is -1.34. The summed E-state index contributed by atoms with van der Waals surface area (Å²) in [6.07, 6.45) is 1.13. The molecule has 0 spiro atoms. The Hall–Kier alpha value is -2.37. The Balaban J connectivity index is 1.94. The molecule has 3 N–H and O–H groups in total. The summed E-state index contributed by atoms with van der Waals surface area (Å²) >= 11 is 0. The van der Waals surface area contributed by atoms with Gasteiger partial charge in [0.25, 0.3) is 0 Å². The van der Waals surface area contributed by atoms with Gasteiger partial charge in [0.15, 0.2) is 1.41 Å². The van der Waals surface area contributed by atoms with Crippen LogP contribution >= 0.6 is 0 Å². The molecule has 124 valence electrons. The van der Waals surface area contributed by atoms with Crippen molar-refractivity contribution in [3.63, 3.8) is 0 Å². The van der Waals surface area contributed by atoms with E-state index in [-0.39, 0.29) is 18.2 Å². The number of primary amides is 1. The molecule has 2 atom stereocenters. The van der Waals surface area contributed by atoms with Gasteiger partial charge in [-0.1, -0.05) is 29.4 Å². The number of carboxylic acids is 1. The van der Waals surface area contributed by atoms with Gasteiger partial charge in [0.1, 0.15) is 0 Å². The van der Waals surface area contributed by atoms with Gasteiger partial charge in [-0.2, -0.15) is 0 Å². The van der Waals surface area contributed by atoms with Crippen LogP contribution in [0.15, 0.2) is 29.4 Å². The minimum Gasteiger partial charge on any atom is -0.478 e. The van der Waals surface area contributed by atoms with Crippen molar-refractivity contribution in [1.29, 1.82) is 0 Å². The zero-order valence-corrected chi connectivity index (χ0v) is 13.5. The Kier molecular flexibility index (Phi) is 4.32. The zero-order chi connectivity index (χ0) is 17.9. The molecule has 2 rings (SSSR count). The van der Waals surface area contributed by atoms with Gasteiger partial charge < -0.3 is 15.7 Å². The summed E-state index contributed by atoms with van der Waals surface area (Å²) in [5.41, 5.74) is 3.32. The van der Waals surface area contributed by atoms with Gasteiger partial charge in [0, 0.05) is 5.92 Å². The molecule has 6 heteroatoms. The van der Waals surface area contributed by atoms with Gasteiger partial charge in [0.2, 0.25) is 11.5 Å². The first-order valence-electron chi connectivity index (χ1n) is 8.00. The smallest absolute Gasteiger partial charge is 0.350 e. The molecule has 1 aliphatic carbocycles. The Morgan fingerprint density at radius 1 is 1.43 bits per heavy atom. The van der Waals surface area contributed by atoms with Crippen LogP contribution in [0.3, 0.4) is 0 Å². The van der Waals surface area contributed by atoms with Crippen molar-refractivity contribution in [3.8, 4) is 0 Å². The lowest BCUT2D eigenvalue weighted by Gasteiger charge is -2.16. The first-order valence-corrected chi connectivity index (χ1v) is 7.50. The molecule has 6 nitrogen and oxygen atoms in total. The van der Waals surface area contributed by atoms with Crippen LogP contribution in [0.25, 0.3) is 0 Å². The van der Waals surface area contributed by atoms with E-state index in [0.717, 1.165) is 23.3 Å². The van der Waals surface area contributed by atoms with Crippen molar-refractivity contribution in [2.45, 2.75) is 45.1 Å². The fourth-order valence-electron chi connectivity index (χ4n) is 2.39. The van der Waals surface area contributed by atoms with Gasteiger partial charge in [-0.3, -0.25) is 4.79 Å². The molecule has 1 amide bonds. The third-order valence-electron chi connectivity index (χ3n) is 4.03. The minimum absolute atomic E-state index is 0.191. The summed E-state index contributed by atoms with van der Waals surface area (Å²) in [5, 5.41) is 13.0. The van der Waals surface area contributed by atoms with E-state index < -0.39 is 11.6 Å². The molecule has 0 aromatic heterocycles. The summed E-state index contributed by atoms with van der Waals surface area (Å²) in [6.45, 7) is 4.76. The number of nitrogens with two attached hydrogens (primary N) is 1. The second-order valence-electron chi connectivity index (χ2n) is 6.43. The van der Waals surface area contributed by atoms with E-state index >= 15 is 0 Å². The standard InChI is InChI=1S/C17H22N2O4/c1-10(19-23-17(2,3)16(21)22)13-9-14(13)12-6-4-11(5-7-12)8-15(18)20/h4-7,13-14H,8-9H2,1-3H3,(H2,18,20)(H,21,22)/b19-10+/t13?,14-/m0/s1/i/hD. The van der Waals surface area contributed by atoms with Crippen LogP contribution in [0.1, 0.15) is 44.2 Å². The van der Waals surface area contributed by atoms with E-state index in [9.17, 15) is 9.59 Å². The molecule has 1 unspecified atom stereocenters. The van der Waals surface area contributed by atoms with E-state index in [1.165, 1.54) is 13.8 Å². The number of amides is 1. The maximum Gasteiger partial charge on any atom is 0.350 e. The molecule has 1 fully saturated rings. The molecule has 0 radical (unpaired) electrons. The lowest BCUT2D eigenvalue weighted by molar-refractivity contribution is -0.161. The Labute approximate surface area is 136 Å². The first kappa shape index (κ1) is 15.5. The monoisotopic (exact) mass is 319 g/mol. The van der Waals surface area contributed by atoms with E-state index in [1.54, 1.807) is 0 Å². The normalized spacial score (nSPS) is 21.3. The number of hydrogen-bond acceptors (Lipinski definition) is 4. The fraction of sp³-hybridized carbons (Fsp3) is 0.471. The van der Waals surface area contributed by atoms with E-state index in [4.69, 9.17) is 11.4 Å². The van der Waals surface area contributed by atoms with Crippen molar-refractivity contribution in [1.82, 2.24) is 0 Å². The summed E-state index contributed by atoms with van der Waals surface area (Å²) in [4.78, 5) is 27.3. The fourth-order valence-corrected chi connectivity index (χ4v) is 2.39. The van der Waals surface area contributed by atoms with Crippen molar-refractivity contribution in [2.75, 3.05) is 0 Å². The molecule has 1 saturated carbocycles. The topological polar surface area (TPSA) is 102 Å². The highest BCUT2D eigenvalue weighted by molar-refractivity contribution is 5.88. The van der Waals surface area contributed by atoms with Crippen LogP contribution in [-0.4, -0.2) is 28.3 Å². The van der Waals surface area contributed by atoms with Crippen LogP contribution in [0.5, 0.6) is 0 Å². The van der Waals surface area contributed by atoms with Crippen molar-refractivity contribution >= 4 is 17.6 Å². The largest absolute Gasteiger partial charge is 0.478 e. The van der Waals surface area contributed by atoms with Crippen LogP contribution < -0.4 is 5.73 Å². The highest BCUT2D eigenvalue weighted by Gasteiger charge is 2.41. The van der Waals surface area contributed by atoms with Gasteiger partial charge in [-0.05, 0) is 44.2 Å². The Bertz CT molecular complexity index is 655. The average molecular weight is 319 g/mol. The van der Waals surface area contributed by atoms with Crippen LogP contribution in [0.2, 0.25) is 1.41 Å². The van der Waals surface area contributed by atoms with Crippen LogP contribution in [0.4, 0.5) is 0 Å². The molecule has 1 aliphatic rings. The molecule has 1 aromatic carbocycles. The molecule has 0 saturated heterocycles. The lowest BCUT2D eigenvalue weighted by Crippen LogP contribution is -2.33. The number of carboxylic acid groups (broad SMARTS) is 1. The summed E-state index contributed by atoms with van der Waals surface area (Å²) in [7, 11) is 0. The van der Waals surface area contributed by atoms with Crippen LogP contribution in [-0.2, 0) is 20.8 Å². The number of rotatable bonds is 7. The van der Waals surface area contributed by atoms with Gasteiger partial charge in [-0.15, -0.1) is 0 Å². The second-order valence-corrected chi connectivity index (χ2v) is 6.43. The predicted octanol–water partition coefficient (Wildman–Crippen LogP) is 2.07. The maximum atomic E-state index is 11.2. The zero-order valence-electron chi connectivity index (χ0n) is 14.5. The molecule has 0 heterocycles. The molecule has 0 aliphatic heterocycles. The number of aliphatic carboxylic acids is 1. The predicted molar refractivity (Wildman–Crippen MR) is 86.1 cm³/mol. The third-order valence-corrected chi connectivity index (χ3v) is 4.03. The molecular weight excluding hydrogens is 296 g/mol. The number of carbonyl (C=O) groups is 2. The average Bonchev–Trinajstić information content (AvgIpc) is 3.33. The Morgan fingerprint density at radius 3 is 2.65 bits per heavy atom. The van der Waals surface area contributed by atoms with E-state index in [2.05, 4.69) is 5.16 Å². The number of carbonyl (C=O) groups excluding carboxylic acids is 1. The maximum absolute atomic E-state index is 11.2. The van der Waals surface area contributed by atoms with Gasteiger partial charge in [0.05, 0.1) is 12.1 Å². The molecule has 0 bridgehead atoms. The molecular formula is C17H22N2O4. The van der Waals surface area contributed by atoms with Crippen molar-refractivity contribution in [2.24, 2.45) is 16.8 Å². The van der Waals surface area contributed by atoms with Crippen molar-refractivity contribution in [3.05, 3.63) is 35.4 Å². The molecule has 23 heavy (non-hydrogen) atoms. The summed E-state index contributed by atoms with van der Waals surface area (Å²) < 4.78 is 6.80. The number of nitrogens with zero attached hydrogens (tertiary/aromatic N) is 1. The van der Waals surface area contributed by atoms with Crippen LogP contribution in [0, 0.1) is 5.92 Å². The SMILES string of the molecule is [2H]NC(=O)Cc1ccc([C@@H]2CC2/C(C)=N/OC(C)(C)C(=O)O)cc1. The second kappa shape index (κ2) is 6.40. The van der Waals surface area contributed by atoms with Crippen molar-refractivity contribution < 1.29 is 20.9 Å². The third kappa shape index (κ3) is 4.31.